The number of alkyl halides is 3. The van der Waals surface area contributed by atoms with Crippen molar-refractivity contribution in [2.45, 2.75) is 51.4 Å². The van der Waals surface area contributed by atoms with Gasteiger partial charge in [0.2, 0.25) is 0 Å². The number of hydrogen-bond donors (Lipinski definition) is 1. The summed E-state index contributed by atoms with van der Waals surface area (Å²) in [4.78, 5) is 2.34. The van der Waals surface area contributed by atoms with Gasteiger partial charge in [-0.15, -0.1) is 0 Å². The topological polar surface area (TPSA) is 24.5 Å². The first-order valence-corrected chi connectivity index (χ1v) is 7.04. The molecule has 0 aliphatic carbocycles. The molecule has 0 aromatic carbocycles. The Kier molecular flexibility index (Phi) is 7.10. The van der Waals surface area contributed by atoms with Crippen molar-refractivity contribution < 1.29 is 17.9 Å². The molecule has 0 aromatic heterocycles. The summed E-state index contributed by atoms with van der Waals surface area (Å²) in [5, 5.41) is 3.50. The highest BCUT2D eigenvalue weighted by atomic mass is 19.4. The number of rotatable bonds is 7. The number of halogens is 3. The fourth-order valence-corrected chi connectivity index (χ4v) is 2.40. The number of nitrogens with zero attached hydrogens (tertiary/aromatic N) is 1. The van der Waals surface area contributed by atoms with Gasteiger partial charge < -0.3 is 10.1 Å². The van der Waals surface area contributed by atoms with Crippen molar-refractivity contribution in [2.24, 2.45) is 0 Å². The molecule has 0 saturated carbocycles. The molecule has 3 nitrogen and oxygen atoms in total. The van der Waals surface area contributed by atoms with Crippen LogP contribution in [0, 0.1) is 0 Å². The number of ether oxygens (including phenoxy) is 1. The van der Waals surface area contributed by atoms with E-state index in [0.29, 0.717) is 18.5 Å². The van der Waals surface area contributed by atoms with Crippen molar-refractivity contribution in [3.63, 3.8) is 0 Å². The minimum Gasteiger partial charge on any atom is -0.372 e. The average molecular weight is 282 g/mol. The van der Waals surface area contributed by atoms with E-state index >= 15 is 0 Å². The summed E-state index contributed by atoms with van der Waals surface area (Å²) < 4.78 is 40.3. The molecule has 19 heavy (non-hydrogen) atoms. The molecule has 114 valence electrons. The predicted molar refractivity (Wildman–Crippen MR) is 69.2 cm³/mol. The predicted octanol–water partition coefficient (Wildman–Crippen LogP) is 2.42. The lowest BCUT2D eigenvalue weighted by molar-refractivity contribution is -0.174. The van der Waals surface area contributed by atoms with Crippen LogP contribution in [-0.2, 0) is 4.74 Å². The fraction of sp³-hybridized carbons (Fsp3) is 1.00. The van der Waals surface area contributed by atoms with Crippen molar-refractivity contribution in [3.8, 4) is 0 Å². The van der Waals surface area contributed by atoms with E-state index in [-0.39, 0.29) is 6.61 Å². The van der Waals surface area contributed by atoms with Gasteiger partial charge in [-0.25, -0.2) is 0 Å². The normalized spacial score (nSPS) is 25.7. The SMILES string of the molecule is CCCC1CN(CCCOCC(F)(F)F)C(C)CN1. The molecule has 0 spiro atoms. The maximum atomic E-state index is 11.9. The molecule has 0 aromatic rings. The van der Waals surface area contributed by atoms with Gasteiger partial charge in [-0.05, 0) is 19.8 Å². The van der Waals surface area contributed by atoms with Crippen molar-refractivity contribution >= 4 is 0 Å². The number of hydrogen-bond acceptors (Lipinski definition) is 3. The Morgan fingerprint density at radius 3 is 2.74 bits per heavy atom. The molecule has 2 atom stereocenters. The monoisotopic (exact) mass is 282 g/mol. The van der Waals surface area contributed by atoms with Crippen LogP contribution in [0.2, 0.25) is 0 Å². The summed E-state index contributed by atoms with van der Waals surface area (Å²) in [6.07, 6.45) is -1.27. The zero-order valence-corrected chi connectivity index (χ0v) is 11.8. The van der Waals surface area contributed by atoms with E-state index < -0.39 is 12.8 Å². The molecule has 0 radical (unpaired) electrons. The third-order valence-electron chi connectivity index (χ3n) is 3.42. The number of piperazine rings is 1. The Hall–Kier alpha value is -0.330. The van der Waals surface area contributed by atoms with E-state index in [4.69, 9.17) is 0 Å². The molecule has 1 rings (SSSR count). The molecular weight excluding hydrogens is 257 g/mol. The Bertz CT molecular complexity index is 249. The van der Waals surface area contributed by atoms with Gasteiger partial charge in [0, 0.05) is 38.3 Å². The molecule has 1 fully saturated rings. The van der Waals surface area contributed by atoms with Gasteiger partial charge in [0.15, 0.2) is 0 Å². The van der Waals surface area contributed by atoms with E-state index in [2.05, 4.69) is 28.8 Å². The lowest BCUT2D eigenvalue weighted by Crippen LogP contribution is -2.55. The van der Waals surface area contributed by atoms with E-state index in [0.717, 1.165) is 32.5 Å². The molecule has 0 amide bonds. The van der Waals surface area contributed by atoms with Gasteiger partial charge >= 0.3 is 6.18 Å². The molecule has 2 unspecified atom stereocenters. The maximum absolute atomic E-state index is 11.9. The van der Waals surface area contributed by atoms with Gasteiger partial charge in [0.05, 0.1) is 0 Å². The van der Waals surface area contributed by atoms with Gasteiger partial charge in [-0.2, -0.15) is 13.2 Å². The first kappa shape index (κ1) is 16.7. The van der Waals surface area contributed by atoms with Gasteiger partial charge in [-0.1, -0.05) is 13.3 Å². The van der Waals surface area contributed by atoms with Crippen LogP contribution < -0.4 is 5.32 Å². The molecule has 1 N–H and O–H groups in total. The van der Waals surface area contributed by atoms with Crippen LogP contribution in [0.15, 0.2) is 0 Å². The smallest absolute Gasteiger partial charge is 0.372 e. The Balaban J connectivity index is 2.16. The Morgan fingerprint density at radius 1 is 1.37 bits per heavy atom. The maximum Gasteiger partial charge on any atom is 0.411 e. The van der Waals surface area contributed by atoms with Crippen LogP contribution >= 0.6 is 0 Å². The van der Waals surface area contributed by atoms with Crippen molar-refractivity contribution in [1.29, 1.82) is 0 Å². The van der Waals surface area contributed by atoms with Crippen LogP contribution in [0.1, 0.15) is 33.1 Å². The van der Waals surface area contributed by atoms with Crippen LogP contribution in [0.4, 0.5) is 13.2 Å². The van der Waals surface area contributed by atoms with Crippen LogP contribution in [-0.4, -0.2) is 56.0 Å². The third-order valence-corrected chi connectivity index (χ3v) is 3.42. The lowest BCUT2D eigenvalue weighted by atomic mass is 10.1. The average Bonchev–Trinajstić information content (AvgIpc) is 2.31. The van der Waals surface area contributed by atoms with E-state index in [1.807, 2.05) is 0 Å². The highest BCUT2D eigenvalue weighted by Crippen LogP contribution is 2.15. The highest BCUT2D eigenvalue weighted by molar-refractivity contribution is 4.83. The van der Waals surface area contributed by atoms with E-state index in [1.54, 1.807) is 0 Å². The van der Waals surface area contributed by atoms with Gasteiger partial charge in [0.1, 0.15) is 6.61 Å². The summed E-state index contributed by atoms with van der Waals surface area (Å²) in [7, 11) is 0. The first-order valence-electron chi connectivity index (χ1n) is 7.04. The Morgan fingerprint density at radius 2 is 2.11 bits per heavy atom. The standard InChI is InChI=1S/C13H25F3N2O/c1-3-5-12-9-18(11(2)8-17-12)6-4-7-19-10-13(14,15)16/h11-12,17H,3-10H2,1-2H3. The quantitative estimate of drug-likeness (QED) is 0.726. The molecule has 0 bridgehead atoms. The van der Waals surface area contributed by atoms with Crippen LogP contribution in [0.3, 0.4) is 0 Å². The highest BCUT2D eigenvalue weighted by Gasteiger charge is 2.27. The summed E-state index contributed by atoms with van der Waals surface area (Å²) in [6.45, 7) is 6.08. The zero-order valence-electron chi connectivity index (χ0n) is 11.8. The largest absolute Gasteiger partial charge is 0.411 e. The van der Waals surface area contributed by atoms with Gasteiger partial charge in [-0.3, -0.25) is 4.90 Å². The van der Waals surface area contributed by atoms with Crippen molar-refractivity contribution in [3.05, 3.63) is 0 Å². The second kappa shape index (κ2) is 8.07. The van der Waals surface area contributed by atoms with Gasteiger partial charge in [0.25, 0.3) is 0 Å². The minimum atomic E-state index is -4.21. The lowest BCUT2D eigenvalue weighted by Gasteiger charge is -2.38. The van der Waals surface area contributed by atoms with E-state index in [9.17, 15) is 13.2 Å². The number of nitrogens with one attached hydrogen (secondary N) is 1. The second-order valence-electron chi connectivity index (χ2n) is 5.26. The molecule has 6 heteroatoms. The van der Waals surface area contributed by atoms with Crippen molar-refractivity contribution in [1.82, 2.24) is 10.2 Å². The second-order valence-corrected chi connectivity index (χ2v) is 5.26. The summed E-state index contributed by atoms with van der Waals surface area (Å²) in [6, 6.07) is 0.952. The van der Waals surface area contributed by atoms with Crippen LogP contribution in [0.5, 0.6) is 0 Å². The van der Waals surface area contributed by atoms with Crippen LogP contribution in [0.25, 0.3) is 0 Å². The van der Waals surface area contributed by atoms with Crippen molar-refractivity contribution in [2.75, 3.05) is 32.8 Å². The zero-order chi connectivity index (χ0) is 14.3. The summed E-state index contributed by atoms with van der Waals surface area (Å²) in [5.74, 6) is 0. The minimum absolute atomic E-state index is 0.175. The third kappa shape index (κ3) is 7.13. The van der Waals surface area contributed by atoms with E-state index in [1.165, 1.54) is 0 Å². The molecule has 1 aliphatic heterocycles. The molecule has 1 heterocycles. The molecule has 1 aliphatic rings. The molecule has 1 saturated heterocycles. The molecular formula is C13H25F3N2O. The fourth-order valence-electron chi connectivity index (χ4n) is 2.40. The summed E-state index contributed by atoms with van der Waals surface area (Å²) >= 11 is 0. The Labute approximate surface area is 113 Å². The summed E-state index contributed by atoms with van der Waals surface area (Å²) in [5.41, 5.74) is 0. The first-order chi connectivity index (χ1) is 8.92.